The molecule has 1 unspecified atom stereocenters. The summed E-state index contributed by atoms with van der Waals surface area (Å²) in [5.74, 6) is 1.20. The van der Waals surface area contributed by atoms with Crippen LogP contribution in [0.4, 0.5) is 5.82 Å². The first-order valence-electron chi connectivity index (χ1n) is 4.49. The summed E-state index contributed by atoms with van der Waals surface area (Å²) in [7, 11) is 3.17. The summed E-state index contributed by atoms with van der Waals surface area (Å²) < 4.78 is 9.87. The van der Waals surface area contributed by atoms with Crippen LogP contribution in [0.5, 0.6) is 5.88 Å². The lowest BCUT2D eigenvalue weighted by Crippen LogP contribution is -2.19. The molecule has 1 aromatic heterocycles. The number of aromatic nitrogens is 2. The zero-order valence-electron chi connectivity index (χ0n) is 8.74. The number of anilines is 1. The molecule has 1 atom stereocenters. The van der Waals surface area contributed by atoms with E-state index < -0.39 is 0 Å². The van der Waals surface area contributed by atoms with Crippen molar-refractivity contribution < 1.29 is 9.47 Å². The van der Waals surface area contributed by atoms with Crippen LogP contribution in [-0.2, 0) is 4.74 Å². The van der Waals surface area contributed by atoms with E-state index in [0.717, 1.165) is 0 Å². The summed E-state index contributed by atoms with van der Waals surface area (Å²) >= 11 is 5.94. The second-order valence-electron chi connectivity index (χ2n) is 2.88. The van der Waals surface area contributed by atoms with Gasteiger partial charge in [0.15, 0.2) is 0 Å². The monoisotopic (exact) mass is 231 g/mol. The van der Waals surface area contributed by atoms with Crippen molar-refractivity contribution in [3.05, 3.63) is 12.4 Å². The molecular formula is C9H14ClN3O2. The number of nitrogens with zero attached hydrogens (tertiary/aromatic N) is 2. The molecule has 5 nitrogen and oxygen atoms in total. The zero-order valence-corrected chi connectivity index (χ0v) is 9.49. The Morgan fingerprint density at radius 2 is 2.27 bits per heavy atom. The fraction of sp³-hybridized carbons (Fsp3) is 0.556. The van der Waals surface area contributed by atoms with Crippen molar-refractivity contribution in [2.24, 2.45) is 0 Å². The molecule has 0 aliphatic heterocycles. The summed E-state index contributed by atoms with van der Waals surface area (Å²) in [6, 6.07) is 1.70. The van der Waals surface area contributed by atoms with Gasteiger partial charge in [0.25, 0.3) is 0 Å². The topological polar surface area (TPSA) is 56.3 Å². The van der Waals surface area contributed by atoms with Crippen molar-refractivity contribution in [3.8, 4) is 5.88 Å². The average Bonchev–Trinajstić information content (AvgIpc) is 2.27. The second-order valence-corrected chi connectivity index (χ2v) is 3.50. The third kappa shape index (κ3) is 4.31. The average molecular weight is 232 g/mol. The molecule has 1 aromatic rings. The Morgan fingerprint density at radius 1 is 1.47 bits per heavy atom. The van der Waals surface area contributed by atoms with Crippen molar-refractivity contribution in [3.63, 3.8) is 0 Å². The van der Waals surface area contributed by atoms with Crippen LogP contribution < -0.4 is 10.1 Å². The molecule has 0 saturated carbocycles. The van der Waals surface area contributed by atoms with Gasteiger partial charge in [-0.3, -0.25) is 0 Å². The molecule has 1 N–H and O–H groups in total. The molecule has 0 aliphatic carbocycles. The largest absolute Gasteiger partial charge is 0.481 e. The number of nitrogens with one attached hydrogen (secondary N) is 1. The summed E-state index contributed by atoms with van der Waals surface area (Å²) in [6.45, 7) is 1.08. The summed E-state index contributed by atoms with van der Waals surface area (Å²) in [4.78, 5) is 7.91. The van der Waals surface area contributed by atoms with Crippen LogP contribution in [0.15, 0.2) is 12.4 Å². The van der Waals surface area contributed by atoms with Crippen LogP contribution in [0.2, 0.25) is 0 Å². The number of alkyl halides is 1. The maximum Gasteiger partial charge on any atom is 0.218 e. The van der Waals surface area contributed by atoms with Gasteiger partial charge in [-0.1, -0.05) is 0 Å². The summed E-state index contributed by atoms with van der Waals surface area (Å²) in [5.41, 5.74) is 0. The van der Waals surface area contributed by atoms with Crippen LogP contribution in [0.1, 0.15) is 0 Å². The van der Waals surface area contributed by atoms with Gasteiger partial charge in [0.05, 0.1) is 19.1 Å². The lowest BCUT2D eigenvalue weighted by Gasteiger charge is -2.10. The second kappa shape index (κ2) is 6.42. The molecular weight excluding hydrogens is 218 g/mol. The quantitative estimate of drug-likeness (QED) is 0.745. The number of methoxy groups -OCH3 is 2. The first-order valence-corrected chi connectivity index (χ1v) is 4.92. The van der Waals surface area contributed by atoms with E-state index in [1.54, 1.807) is 20.3 Å². The van der Waals surface area contributed by atoms with E-state index in [1.165, 1.54) is 6.33 Å². The van der Waals surface area contributed by atoms with Crippen LogP contribution in [0, 0.1) is 0 Å². The van der Waals surface area contributed by atoms with Gasteiger partial charge in [-0.2, -0.15) is 0 Å². The van der Waals surface area contributed by atoms with Gasteiger partial charge in [-0.15, -0.1) is 11.6 Å². The number of rotatable bonds is 6. The van der Waals surface area contributed by atoms with Gasteiger partial charge in [0, 0.05) is 19.7 Å². The number of halogens is 1. The molecule has 1 heterocycles. The highest BCUT2D eigenvalue weighted by Gasteiger charge is 2.04. The van der Waals surface area contributed by atoms with E-state index >= 15 is 0 Å². The lowest BCUT2D eigenvalue weighted by molar-refractivity contribution is 0.200. The van der Waals surface area contributed by atoms with Gasteiger partial charge in [0.1, 0.15) is 12.1 Å². The van der Waals surface area contributed by atoms with Crippen molar-refractivity contribution in [1.29, 1.82) is 0 Å². The van der Waals surface area contributed by atoms with E-state index in [2.05, 4.69) is 15.3 Å². The molecule has 0 bridgehead atoms. The molecule has 6 heteroatoms. The molecule has 0 spiro atoms. The number of ether oxygens (including phenoxy) is 2. The Labute approximate surface area is 93.8 Å². The standard InChI is InChI=1S/C9H14ClN3O2/c1-14-5-7(10)4-11-8-3-9(15-2)13-6-12-8/h3,6-7H,4-5H2,1-2H3,(H,11,12,13). The van der Waals surface area contributed by atoms with E-state index in [1.807, 2.05) is 0 Å². The third-order valence-corrected chi connectivity index (χ3v) is 1.98. The van der Waals surface area contributed by atoms with Crippen LogP contribution in [0.25, 0.3) is 0 Å². The van der Waals surface area contributed by atoms with Crippen molar-refractivity contribution in [2.75, 3.05) is 32.7 Å². The van der Waals surface area contributed by atoms with Gasteiger partial charge < -0.3 is 14.8 Å². The first kappa shape index (κ1) is 12.0. The van der Waals surface area contributed by atoms with Gasteiger partial charge in [-0.05, 0) is 0 Å². The van der Waals surface area contributed by atoms with Gasteiger partial charge >= 0.3 is 0 Å². The molecule has 0 amide bonds. The Hall–Kier alpha value is -1.07. The Kier molecular flexibility index (Phi) is 5.14. The zero-order chi connectivity index (χ0) is 11.1. The normalized spacial score (nSPS) is 12.2. The molecule has 0 aromatic carbocycles. The minimum Gasteiger partial charge on any atom is -0.481 e. The third-order valence-electron chi connectivity index (χ3n) is 1.70. The molecule has 1 rings (SSSR count). The molecule has 0 aliphatic rings. The predicted molar refractivity (Wildman–Crippen MR) is 58.6 cm³/mol. The van der Waals surface area contributed by atoms with E-state index in [0.29, 0.717) is 24.8 Å². The highest BCUT2D eigenvalue weighted by atomic mass is 35.5. The molecule has 15 heavy (non-hydrogen) atoms. The fourth-order valence-electron chi connectivity index (χ4n) is 1.00. The SMILES string of the molecule is COCC(Cl)CNc1cc(OC)ncn1. The molecule has 0 fully saturated rings. The van der Waals surface area contributed by atoms with Gasteiger partial charge in [-0.25, -0.2) is 9.97 Å². The fourth-order valence-corrected chi connectivity index (χ4v) is 1.21. The maximum atomic E-state index is 5.94. The van der Waals surface area contributed by atoms with E-state index in [-0.39, 0.29) is 5.38 Å². The minimum atomic E-state index is -0.0871. The Bertz CT molecular complexity index is 298. The van der Waals surface area contributed by atoms with Crippen molar-refractivity contribution >= 4 is 17.4 Å². The van der Waals surface area contributed by atoms with Crippen LogP contribution in [0.3, 0.4) is 0 Å². The number of hydrogen-bond acceptors (Lipinski definition) is 5. The highest BCUT2D eigenvalue weighted by molar-refractivity contribution is 6.21. The number of hydrogen-bond donors (Lipinski definition) is 1. The summed E-state index contributed by atoms with van der Waals surface area (Å²) in [6.07, 6.45) is 1.43. The smallest absolute Gasteiger partial charge is 0.218 e. The summed E-state index contributed by atoms with van der Waals surface area (Å²) in [5, 5.41) is 2.97. The highest BCUT2D eigenvalue weighted by Crippen LogP contribution is 2.10. The minimum absolute atomic E-state index is 0.0871. The van der Waals surface area contributed by atoms with E-state index in [9.17, 15) is 0 Å². The molecule has 0 saturated heterocycles. The van der Waals surface area contributed by atoms with E-state index in [4.69, 9.17) is 21.1 Å². The lowest BCUT2D eigenvalue weighted by atomic mass is 10.4. The molecule has 0 radical (unpaired) electrons. The Balaban J connectivity index is 2.43. The van der Waals surface area contributed by atoms with Crippen molar-refractivity contribution in [1.82, 2.24) is 9.97 Å². The van der Waals surface area contributed by atoms with Crippen LogP contribution >= 0.6 is 11.6 Å². The first-order chi connectivity index (χ1) is 7.26. The van der Waals surface area contributed by atoms with Crippen molar-refractivity contribution in [2.45, 2.75) is 5.38 Å². The maximum absolute atomic E-state index is 5.94. The Morgan fingerprint density at radius 3 is 2.93 bits per heavy atom. The van der Waals surface area contributed by atoms with Crippen LogP contribution in [-0.4, -0.2) is 42.7 Å². The molecule has 84 valence electrons. The predicted octanol–water partition coefficient (Wildman–Crippen LogP) is 1.15. The van der Waals surface area contributed by atoms with Gasteiger partial charge in [0.2, 0.25) is 5.88 Å².